The summed E-state index contributed by atoms with van der Waals surface area (Å²) in [5.74, 6) is -0.470. The SMILES string of the molecule is C=C(C)C(=O)OCc1cc2c#cc3cc(COCCCCCC)cc(c#cc4cc(COCCCCCC)cc(c4)c4ccc(nc4)c4ccc(cn4)c4cc(COCCCCCC)cc(c#cc5cc(COCCCCCC)cc(c#cc6cc(COCCCCCC)cc(c6)c6ccc(nc6)c6ccc(cn6)c(c1)c2)c5)c4)c3. The molecule has 0 amide bonds. The van der Waals surface area contributed by atoms with Crippen LogP contribution in [0.2, 0.25) is 0 Å². The summed E-state index contributed by atoms with van der Waals surface area (Å²) in [6.45, 7) is 22.2. The molecule has 11 nitrogen and oxygen atoms in total. The highest BCUT2D eigenvalue weighted by molar-refractivity contribution is 5.92. The van der Waals surface area contributed by atoms with E-state index in [-0.39, 0.29) is 6.61 Å². The van der Waals surface area contributed by atoms with Gasteiger partial charge in [0.2, 0.25) is 0 Å². The molecule has 0 atom stereocenters. The van der Waals surface area contributed by atoms with E-state index in [1.807, 2.05) is 79.4 Å². The van der Waals surface area contributed by atoms with Crippen molar-refractivity contribution in [2.75, 3.05) is 33.0 Å². The van der Waals surface area contributed by atoms with E-state index in [9.17, 15) is 4.79 Å². The van der Waals surface area contributed by atoms with Gasteiger partial charge in [0.25, 0.3) is 0 Å². The lowest BCUT2D eigenvalue weighted by molar-refractivity contribution is -0.140. The number of nitrogens with zero attached hydrogens (tertiary/aromatic N) is 4. The fourth-order valence-corrected chi connectivity index (χ4v) is 13.7. The van der Waals surface area contributed by atoms with E-state index < -0.39 is 5.97 Å². The molecule has 17 rings (SSSR count). The van der Waals surface area contributed by atoms with Crippen molar-refractivity contribution in [3.8, 4) is 0 Å². The van der Waals surface area contributed by atoms with Crippen LogP contribution in [0.3, 0.4) is 0 Å². The van der Waals surface area contributed by atoms with Crippen LogP contribution in [0.25, 0.3) is 108 Å². The monoisotopic (exact) mass is 1530 g/mol. The fraction of sp³-hybridized carbons (Fsp3) is 0.356. The molecular weight excluding hydrogens is 1420 g/mol. The van der Waals surface area contributed by atoms with Crippen LogP contribution in [0.1, 0.15) is 203 Å². The average molecular weight is 1530 g/mol. The lowest BCUT2D eigenvalue weighted by Gasteiger charge is -2.06. The Morgan fingerprint density at radius 3 is 0.696 bits per heavy atom. The van der Waals surface area contributed by atoms with Gasteiger partial charge in [0.15, 0.2) is 0 Å². The van der Waals surface area contributed by atoms with Crippen molar-refractivity contribution < 1.29 is 33.2 Å². The summed E-state index contributed by atoms with van der Waals surface area (Å²) in [6, 6.07) is 82.8. The Hall–Kier alpha value is -10.8. The summed E-state index contributed by atoms with van der Waals surface area (Å²) in [6.07, 6.45) is 30.1. The van der Waals surface area contributed by atoms with Crippen LogP contribution in [-0.2, 0) is 72.9 Å². The predicted molar refractivity (Wildman–Crippen MR) is 474 cm³/mol. The van der Waals surface area contributed by atoms with Crippen molar-refractivity contribution in [1.82, 2.24) is 19.9 Å². The normalized spacial score (nSPS) is 11.0. The Labute approximate surface area is 682 Å². The lowest BCUT2D eigenvalue weighted by Crippen LogP contribution is -2.04. The average Bonchev–Trinajstić information content (AvgIpc) is 0.797. The van der Waals surface area contributed by atoms with Crippen molar-refractivity contribution in [3.05, 3.63) is 277 Å². The van der Waals surface area contributed by atoms with Gasteiger partial charge in [-0.2, -0.15) is 0 Å². The molecule has 0 N–H and O–H groups in total. The molecule has 0 saturated carbocycles. The fourth-order valence-electron chi connectivity index (χ4n) is 13.7. The third kappa shape index (κ3) is 28.0. The van der Waals surface area contributed by atoms with Crippen molar-refractivity contribution >= 4 is 114 Å². The third-order valence-corrected chi connectivity index (χ3v) is 20.0. The maximum Gasteiger partial charge on any atom is 0.333 e. The molecular formula is C104H112N4O7. The number of pyridine rings is 4. The molecule has 0 aliphatic rings. The molecule has 0 unspecified atom stereocenters. The molecule has 10 heterocycles. The molecule has 7 aromatic carbocycles. The number of carbonyl (C=O) groups is 1. The van der Waals surface area contributed by atoms with Gasteiger partial charge in [0.05, 0.1) is 55.1 Å². The highest BCUT2D eigenvalue weighted by Gasteiger charge is 2.09. The van der Waals surface area contributed by atoms with Crippen molar-refractivity contribution in [1.29, 1.82) is 0 Å². The number of rotatable bonds is 38. The molecule has 0 fully saturated rings. The number of hydrogen-bond donors (Lipinski definition) is 0. The van der Waals surface area contributed by atoms with Gasteiger partial charge in [-0.05, 0) is 227 Å². The molecule has 0 aliphatic carbocycles. The van der Waals surface area contributed by atoms with E-state index in [1.54, 1.807) is 6.92 Å². The Balaban J connectivity index is 1.09. The van der Waals surface area contributed by atoms with Crippen LogP contribution in [0.5, 0.6) is 0 Å². The zero-order chi connectivity index (χ0) is 80.0. The van der Waals surface area contributed by atoms with E-state index in [2.05, 4.69) is 193 Å². The van der Waals surface area contributed by atoms with Crippen LogP contribution >= 0.6 is 0 Å². The first kappa shape index (κ1) is 85.1. The quantitative estimate of drug-likeness (QED) is 0.0209. The van der Waals surface area contributed by atoms with Crippen molar-refractivity contribution in [2.45, 2.75) is 210 Å². The Kier molecular flexibility index (Phi) is 34.4. The molecule has 0 spiro atoms. The zero-order valence-electron chi connectivity index (χ0n) is 68.6. The minimum absolute atomic E-state index is 0.0261. The van der Waals surface area contributed by atoms with E-state index in [0.717, 1.165) is 220 Å². The number of aromatic nitrogens is 4. The molecule has 17 aromatic rings. The Bertz CT molecular complexity index is 5420. The number of esters is 1. The highest BCUT2D eigenvalue weighted by Crippen LogP contribution is 2.26. The lowest BCUT2D eigenvalue weighted by atomic mass is 10.1. The summed E-state index contributed by atoms with van der Waals surface area (Å²) < 4.78 is 37.5. The number of benzene rings is 6. The molecule has 11 heteroatoms. The second-order valence-corrected chi connectivity index (χ2v) is 30.2. The molecule has 10 aromatic heterocycles. The van der Waals surface area contributed by atoms with E-state index in [4.69, 9.17) is 48.4 Å². The van der Waals surface area contributed by atoms with Gasteiger partial charge in [0, 0.05) is 128 Å². The summed E-state index contributed by atoms with van der Waals surface area (Å²) >= 11 is 0. The van der Waals surface area contributed by atoms with Crippen LogP contribution in [0.15, 0.2) is 195 Å². The Morgan fingerprint density at radius 1 is 0.270 bits per heavy atom. The molecule has 0 saturated heterocycles. The molecule has 0 radical (unpaired) electrons. The summed E-state index contributed by atoms with van der Waals surface area (Å²) in [7, 11) is 0. The van der Waals surface area contributed by atoms with E-state index >= 15 is 0 Å². The highest BCUT2D eigenvalue weighted by atomic mass is 16.5. The first-order valence-corrected chi connectivity index (χ1v) is 42.0. The largest absolute Gasteiger partial charge is 0.457 e. The number of carbonyl (C=O) groups excluding carboxylic acids is 1. The number of ether oxygens (including phenoxy) is 6. The van der Waals surface area contributed by atoms with Crippen molar-refractivity contribution in [3.63, 3.8) is 0 Å². The summed E-state index contributed by atoms with van der Waals surface area (Å²) in [4.78, 5) is 33.0. The Morgan fingerprint density at radius 2 is 0.487 bits per heavy atom. The maximum atomic E-state index is 12.9. The second-order valence-electron chi connectivity index (χ2n) is 30.2. The van der Waals surface area contributed by atoms with Gasteiger partial charge in [-0.15, -0.1) is 0 Å². The predicted octanol–water partition coefficient (Wildman–Crippen LogP) is 26.5. The van der Waals surface area contributed by atoms with Crippen LogP contribution < -0.4 is 0 Å². The van der Waals surface area contributed by atoms with Gasteiger partial charge in [-0.25, -0.2) is 4.79 Å². The maximum absolute atomic E-state index is 12.9. The van der Waals surface area contributed by atoms with Crippen LogP contribution in [0.4, 0.5) is 0 Å². The van der Waals surface area contributed by atoms with Gasteiger partial charge in [-0.3, -0.25) is 19.9 Å². The minimum atomic E-state index is -0.470. The number of unbranched alkanes of at least 4 members (excludes halogenated alkanes) is 15. The molecule has 20 bridgehead atoms. The van der Waals surface area contributed by atoms with Gasteiger partial charge in [0.1, 0.15) is 6.61 Å². The van der Waals surface area contributed by atoms with Crippen LogP contribution in [-0.4, -0.2) is 58.9 Å². The van der Waals surface area contributed by atoms with Crippen LogP contribution in [0, 0.1) is 48.5 Å². The number of hydrogen-bond acceptors (Lipinski definition) is 11. The summed E-state index contributed by atoms with van der Waals surface area (Å²) in [5.41, 5.74) is 9.09. The third-order valence-electron chi connectivity index (χ3n) is 20.0. The van der Waals surface area contributed by atoms with Gasteiger partial charge < -0.3 is 28.4 Å². The van der Waals surface area contributed by atoms with Gasteiger partial charge in [-0.1, -0.05) is 210 Å². The zero-order valence-corrected chi connectivity index (χ0v) is 68.6. The minimum Gasteiger partial charge on any atom is -0.457 e. The summed E-state index contributed by atoms with van der Waals surface area (Å²) in [5, 5.41) is 14.0. The molecule has 590 valence electrons. The van der Waals surface area contributed by atoms with Gasteiger partial charge >= 0.3 is 5.97 Å². The second kappa shape index (κ2) is 46.5. The van der Waals surface area contributed by atoms with E-state index in [0.29, 0.717) is 77.2 Å². The molecule has 115 heavy (non-hydrogen) atoms. The topological polar surface area (TPSA) is 124 Å². The standard InChI is InChI=1S/C104H112N4O7/c1-8-13-18-23-44-110-71-86-51-78-28-32-82-55-88(73-112-46-25-20-15-10-3)63-96(59-82)92-36-40-100(105-67-92)101-41-37-93(68-106-101)97-61-84(57-90(64-97)75-114-48-27-22-17-12-5)34-30-80-50-81(54-87(53-80)72-111-45-24-19-14-9-2)31-35-85-58-91(76-115-104(109)77(6)7)66-99(62-85)95-39-43-103(108-70-95)102-42-38-94(69-107-102)98-60-83(33-29-79(49-78)52-86)56-89(65-98)74-113-47-26-21-16-11-4/h36-43,49-70H,6,8-27,44-48,71-76H2,1-5,7H3. The first-order chi connectivity index (χ1) is 56.5. The van der Waals surface area contributed by atoms with E-state index in [1.165, 1.54) is 44.9 Å². The molecule has 0 aliphatic heterocycles. The first-order valence-electron chi connectivity index (χ1n) is 42.0. The van der Waals surface area contributed by atoms with Crippen molar-refractivity contribution in [2.24, 2.45) is 0 Å². The smallest absolute Gasteiger partial charge is 0.333 e.